The van der Waals surface area contributed by atoms with Crippen molar-refractivity contribution in [3.63, 3.8) is 0 Å². The summed E-state index contributed by atoms with van der Waals surface area (Å²) in [6.45, 7) is 0. The van der Waals surface area contributed by atoms with E-state index in [0.29, 0.717) is 5.56 Å². The molecule has 0 fully saturated rings. The van der Waals surface area contributed by atoms with Gasteiger partial charge >= 0.3 is 23.9 Å². The van der Waals surface area contributed by atoms with E-state index in [1.165, 1.54) is 18.2 Å². The van der Waals surface area contributed by atoms with Crippen molar-refractivity contribution in [2.24, 2.45) is 5.92 Å². The molecule has 2 rings (SSSR count). The van der Waals surface area contributed by atoms with Crippen molar-refractivity contribution in [3.8, 4) is 0 Å². The normalized spacial score (nSPS) is 12.1. The first kappa shape index (κ1) is 27.4. The van der Waals surface area contributed by atoms with Gasteiger partial charge in [0.2, 0.25) is 5.76 Å². The predicted octanol–water partition coefficient (Wildman–Crippen LogP) is 2.95. The molecule has 0 amide bonds. The van der Waals surface area contributed by atoms with Gasteiger partial charge in [-0.1, -0.05) is 42.5 Å². The lowest BCUT2D eigenvalue weighted by atomic mass is 9.85. The third-order valence-electron chi connectivity index (χ3n) is 4.90. The van der Waals surface area contributed by atoms with Crippen molar-refractivity contribution < 1.29 is 43.0 Å². The molecule has 0 aliphatic rings. The molecule has 11 nitrogen and oxygen atoms in total. The van der Waals surface area contributed by atoms with Crippen LogP contribution < -0.4 is 0 Å². The lowest BCUT2D eigenvalue weighted by molar-refractivity contribution is -0.384. The summed E-state index contributed by atoms with van der Waals surface area (Å²) in [5.74, 6) is -7.59. The maximum absolute atomic E-state index is 12.5. The summed E-state index contributed by atoms with van der Waals surface area (Å²) in [5.41, 5.74) is 0.636. The number of methoxy groups -OCH3 is 3. The molecule has 2 aromatic rings. The highest BCUT2D eigenvalue weighted by molar-refractivity contribution is 5.97. The molecule has 1 atom stereocenters. The number of nitro groups is 1. The number of nitro benzene ring substituents is 1. The van der Waals surface area contributed by atoms with Crippen LogP contribution in [0.4, 0.5) is 5.69 Å². The Hall–Kier alpha value is -4.80. The molecule has 0 saturated carbocycles. The Bertz CT molecular complexity index is 1150. The van der Waals surface area contributed by atoms with Crippen LogP contribution in [0.15, 0.2) is 72.5 Å². The summed E-state index contributed by atoms with van der Waals surface area (Å²) in [6.07, 6.45) is 3.56. The highest BCUT2D eigenvalue weighted by Gasteiger charge is 2.38. The molecule has 36 heavy (non-hydrogen) atoms. The van der Waals surface area contributed by atoms with E-state index >= 15 is 0 Å². The van der Waals surface area contributed by atoms with E-state index in [1.54, 1.807) is 30.3 Å². The molecule has 0 radical (unpaired) electrons. The van der Waals surface area contributed by atoms with Gasteiger partial charge in [-0.25, -0.2) is 9.59 Å². The van der Waals surface area contributed by atoms with Gasteiger partial charge in [-0.15, -0.1) is 0 Å². The van der Waals surface area contributed by atoms with E-state index in [1.807, 2.05) is 0 Å². The van der Waals surface area contributed by atoms with Gasteiger partial charge in [0.1, 0.15) is 0 Å². The number of carbonyl (C=O) groups excluding carboxylic acids is 4. The molecule has 0 saturated heterocycles. The van der Waals surface area contributed by atoms with Crippen LogP contribution in [0.1, 0.15) is 17.0 Å². The zero-order valence-corrected chi connectivity index (χ0v) is 19.6. The third-order valence-corrected chi connectivity index (χ3v) is 4.90. The van der Waals surface area contributed by atoms with Crippen LogP contribution in [-0.4, -0.2) is 50.1 Å². The first-order chi connectivity index (χ1) is 17.2. The average molecular weight is 497 g/mol. The molecule has 0 aliphatic heterocycles. The predicted molar refractivity (Wildman–Crippen MR) is 125 cm³/mol. The topological polar surface area (TPSA) is 148 Å². The number of non-ortho nitro benzene ring substituents is 1. The minimum absolute atomic E-state index is 0.193. The maximum Gasteiger partial charge on any atom is 0.373 e. The Kier molecular flexibility index (Phi) is 10.0. The number of carbonyl (C=O) groups is 4. The van der Waals surface area contributed by atoms with Crippen molar-refractivity contribution in [3.05, 3.63) is 93.7 Å². The first-order valence-electron chi connectivity index (χ1n) is 10.4. The fourth-order valence-corrected chi connectivity index (χ4v) is 3.12. The SMILES string of the molecule is COC(=O)/C(=C/[C@H](c1ccc([N+](=O)[O-])cc1)C(C(=O)OC)C(=O)OC)OC(=O)/C=C/c1ccccc1. The minimum Gasteiger partial charge on any atom is -0.468 e. The molecule has 0 heterocycles. The molecule has 0 N–H and O–H groups in total. The first-order valence-corrected chi connectivity index (χ1v) is 10.4. The van der Waals surface area contributed by atoms with Gasteiger partial charge in [-0.3, -0.25) is 19.7 Å². The number of ether oxygens (including phenoxy) is 4. The Morgan fingerprint density at radius 3 is 1.94 bits per heavy atom. The number of hydrogen-bond acceptors (Lipinski definition) is 10. The van der Waals surface area contributed by atoms with Crippen LogP contribution >= 0.6 is 0 Å². The highest BCUT2D eigenvalue weighted by atomic mass is 16.6. The number of rotatable bonds is 10. The van der Waals surface area contributed by atoms with Crippen molar-refractivity contribution >= 4 is 35.6 Å². The molecule has 11 heteroatoms. The number of benzene rings is 2. The molecular formula is C25H23NO10. The smallest absolute Gasteiger partial charge is 0.373 e. The van der Waals surface area contributed by atoms with E-state index in [0.717, 1.165) is 45.6 Å². The lowest BCUT2D eigenvalue weighted by Crippen LogP contribution is -2.32. The zero-order valence-electron chi connectivity index (χ0n) is 19.6. The summed E-state index contributed by atoms with van der Waals surface area (Å²) < 4.78 is 19.3. The number of hydrogen-bond donors (Lipinski definition) is 0. The minimum atomic E-state index is -1.64. The van der Waals surface area contributed by atoms with Crippen molar-refractivity contribution in [1.82, 2.24) is 0 Å². The largest absolute Gasteiger partial charge is 0.468 e. The second-order valence-electron chi connectivity index (χ2n) is 7.09. The zero-order chi connectivity index (χ0) is 26.7. The maximum atomic E-state index is 12.5. The van der Waals surface area contributed by atoms with Crippen LogP contribution in [0.3, 0.4) is 0 Å². The molecule has 0 spiro atoms. The van der Waals surface area contributed by atoms with E-state index in [4.69, 9.17) is 14.2 Å². The summed E-state index contributed by atoms with van der Waals surface area (Å²) >= 11 is 0. The Labute approximate surface area is 206 Å². The Morgan fingerprint density at radius 1 is 0.861 bits per heavy atom. The van der Waals surface area contributed by atoms with E-state index < -0.39 is 46.4 Å². The monoisotopic (exact) mass is 497 g/mol. The standard InChI is InChI=1S/C25H23NO10/c1-33-23(28)20(36-21(27)14-9-16-7-5-4-6-8-16)15-19(22(24(29)34-2)25(30)35-3)17-10-12-18(13-11-17)26(31)32/h4-15,19,22H,1-3H3/b14-9+,20-15-/t19-/m1/s1. The van der Waals surface area contributed by atoms with Crippen LogP contribution in [0.5, 0.6) is 0 Å². The second kappa shape index (κ2) is 13.2. The highest BCUT2D eigenvalue weighted by Crippen LogP contribution is 2.31. The van der Waals surface area contributed by atoms with Gasteiger partial charge in [0.15, 0.2) is 5.92 Å². The third kappa shape index (κ3) is 7.35. The van der Waals surface area contributed by atoms with Crippen molar-refractivity contribution in [2.75, 3.05) is 21.3 Å². The van der Waals surface area contributed by atoms with Crippen molar-refractivity contribution in [1.29, 1.82) is 0 Å². The van der Waals surface area contributed by atoms with Gasteiger partial charge in [0, 0.05) is 24.1 Å². The molecular weight excluding hydrogens is 474 g/mol. The van der Waals surface area contributed by atoms with E-state index in [-0.39, 0.29) is 11.3 Å². The molecule has 0 aliphatic carbocycles. The van der Waals surface area contributed by atoms with Gasteiger partial charge in [0.05, 0.1) is 26.3 Å². The molecule has 0 bridgehead atoms. The Morgan fingerprint density at radius 2 is 1.44 bits per heavy atom. The van der Waals surface area contributed by atoms with E-state index in [2.05, 4.69) is 4.74 Å². The summed E-state index contributed by atoms with van der Waals surface area (Å²) in [7, 11) is 3.14. The number of esters is 4. The number of allylic oxidation sites excluding steroid dienone is 1. The number of nitrogens with zero attached hydrogens (tertiary/aromatic N) is 1. The van der Waals surface area contributed by atoms with Crippen LogP contribution in [0.2, 0.25) is 0 Å². The van der Waals surface area contributed by atoms with Gasteiger partial charge < -0.3 is 18.9 Å². The van der Waals surface area contributed by atoms with Crippen LogP contribution in [-0.2, 0) is 38.1 Å². The van der Waals surface area contributed by atoms with Gasteiger partial charge in [-0.05, 0) is 23.3 Å². The van der Waals surface area contributed by atoms with Gasteiger partial charge in [-0.2, -0.15) is 0 Å². The van der Waals surface area contributed by atoms with E-state index in [9.17, 15) is 29.3 Å². The summed E-state index contributed by atoms with van der Waals surface area (Å²) in [5, 5.41) is 11.0. The quantitative estimate of drug-likeness (QED) is 0.0912. The van der Waals surface area contributed by atoms with Gasteiger partial charge in [0.25, 0.3) is 5.69 Å². The fourth-order valence-electron chi connectivity index (χ4n) is 3.12. The lowest BCUT2D eigenvalue weighted by Gasteiger charge is -2.21. The second-order valence-corrected chi connectivity index (χ2v) is 7.09. The molecule has 0 unspecified atom stereocenters. The molecule has 2 aromatic carbocycles. The fraction of sp³-hybridized carbons (Fsp3) is 0.200. The summed E-state index contributed by atoms with van der Waals surface area (Å²) in [6, 6.07) is 13.7. The van der Waals surface area contributed by atoms with Crippen LogP contribution in [0, 0.1) is 16.0 Å². The van der Waals surface area contributed by atoms with Crippen LogP contribution in [0.25, 0.3) is 6.08 Å². The molecule has 188 valence electrons. The molecule has 0 aromatic heterocycles. The van der Waals surface area contributed by atoms with Crippen molar-refractivity contribution in [2.45, 2.75) is 5.92 Å². The summed E-state index contributed by atoms with van der Waals surface area (Å²) in [4.78, 5) is 60.3. The average Bonchev–Trinajstić information content (AvgIpc) is 2.90. The Balaban J connectivity index is 2.55.